The van der Waals surface area contributed by atoms with Crippen molar-refractivity contribution in [2.24, 2.45) is 11.8 Å². The van der Waals surface area contributed by atoms with Gasteiger partial charge in [0.25, 0.3) is 0 Å². The van der Waals surface area contributed by atoms with Gasteiger partial charge in [-0.1, -0.05) is 48.7 Å². The average Bonchev–Trinajstić information content (AvgIpc) is 3.24. The van der Waals surface area contributed by atoms with Gasteiger partial charge in [0, 0.05) is 37.4 Å². The number of aromatic nitrogens is 1. The number of piperidine rings is 1. The minimum absolute atomic E-state index is 0.357. The van der Waals surface area contributed by atoms with Crippen molar-refractivity contribution >= 4 is 16.6 Å². The minimum Gasteiger partial charge on any atom is -0.381 e. The van der Waals surface area contributed by atoms with Gasteiger partial charge in [-0.25, -0.2) is 4.85 Å². The Bertz CT molecular complexity index is 1160. The molecule has 2 aliphatic heterocycles. The van der Waals surface area contributed by atoms with E-state index in [1.165, 1.54) is 66.4 Å². The van der Waals surface area contributed by atoms with E-state index >= 15 is 0 Å². The molecule has 2 fully saturated rings. The van der Waals surface area contributed by atoms with Gasteiger partial charge in [-0.2, -0.15) is 0 Å². The number of nitrogens with one attached hydrogen (secondary N) is 1. The van der Waals surface area contributed by atoms with Gasteiger partial charge < -0.3 is 14.6 Å². The van der Waals surface area contributed by atoms with Crippen molar-refractivity contribution in [3.63, 3.8) is 0 Å². The van der Waals surface area contributed by atoms with Gasteiger partial charge >= 0.3 is 0 Å². The molecule has 35 heavy (non-hydrogen) atoms. The Balaban J connectivity index is 1.49. The molecule has 0 amide bonds. The van der Waals surface area contributed by atoms with E-state index in [-0.39, 0.29) is 0 Å². The summed E-state index contributed by atoms with van der Waals surface area (Å²) in [5.41, 5.74) is 6.14. The Hall–Kier alpha value is -2.61. The lowest BCUT2D eigenvalue weighted by atomic mass is 9.84. The van der Waals surface area contributed by atoms with Gasteiger partial charge in [-0.15, -0.1) is 0 Å². The lowest BCUT2D eigenvalue weighted by Gasteiger charge is -2.24. The summed E-state index contributed by atoms with van der Waals surface area (Å²) < 4.78 is 8.09. The van der Waals surface area contributed by atoms with Crippen molar-refractivity contribution in [1.29, 1.82) is 0 Å². The minimum atomic E-state index is 0.357. The maximum absolute atomic E-state index is 7.62. The zero-order valence-corrected chi connectivity index (χ0v) is 21.1. The summed E-state index contributed by atoms with van der Waals surface area (Å²) >= 11 is 0. The lowest BCUT2D eigenvalue weighted by Crippen LogP contribution is -2.27. The van der Waals surface area contributed by atoms with Crippen molar-refractivity contribution in [2.45, 2.75) is 64.3 Å². The molecule has 1 N–H and O–H groups in total. The number of rotatable bonds is 8. The van der Waals surface area contributed by atoms with Crippen LogP contribution in [-0.4, -0.2) is 30.9 Å². The second kappa shape index (κ2) is 11.4. The van der Waals surface area contributed by atoms with Gasteiger partial charge in [-0.05, 0) is 92.6 Å². The fraction of sp³-hybridized carbons (Fsp3) is 0.516. The van der Waals surface area contributed by atoms with E-state index in [2.05, 4.69) is 64.2 Å². The Labute approximate surface area is 210 Å². The molecular weight excluding hydrogens is 430 g/mol. The van der Waals surface area contributed by atoms with Crippen molar-refractivity contribution in [1.82, 2.24) is 9.88 Å². The van der Waals surface area contributed by atoms with Crippen LogP contribution in [-0.2, 0) is 11.3 Å². The highest BCUT2D eigenvalue weighted by Crippen LogP contribution is 2.39. The molecule has 0 bridgehead atoms. The van der Waals surface area contributed by atoms with Gasteiger partial charge in [0.2, 0.25) is 0 Å². The Morgan fingerprint density at radius 3 is 2.66 bits per heavy atom. The molecule has 3 heterocycles. The molecule has 3 aromatic rings. The summed E-state index contributed by atoms with van der Waals surface area (Å²) in [5.74, 6) is 1.87. The van der Waals surface area contributed by atoms with Crippen LogP contribution in [0.3, 0.4) is 0 Å². The molecular formula is C31H39N3O. The number of hydrogen-bond donors (Lipinski definition) is 1. The molecule has 4 nitrogen and oxygen atoms in total. The zero-order chi connectivity index (χ0) is 24.0. The predicted octanol–water partition coefficient (Wildman–Crippen LogP) is 7.23. The smallest absolute Gasteiger partial charge is 0.187 e. The maximum Gasteiger partial charge on any atom is 0.187 e. The van der Waals surface area contributed by atoms with Crippen molar-refractivity contribution in [3.05, 3.63) is 76.8 Å². The highest BCUT2D eigenvalue weighted by Gasteiger charge is 2.23. The van der Waals surface area contributed by atoms with Crippen LogP contribution in [0.4, 0.5) is 5.69 Å². The summed E-state index contributed by atoms with van der Waals surface area (Å²) in [5, 5.41) is 4.77. The van der Waals surface area contributed by atoms with E-state index in [4.69, 9.17) is 11.3 Å². The fourth-order valence-electron chi connectivity index (χ4n) is 6.19. The van der Waals surface area contributed by atoms with Crippen LogP contribution in [0.1, 0.15) is 67.6 Å². The molecule has 1 unspecified atom stereocenters. The third-order valence-electron chi connectivity index (χ3n) is 8.20. The van der Waals surface area contributed by atoms with E-state index in [0.717, 1.165) is 50.6 Å². The molecule has 2 aliphatic rings. The Morgan fingerprint density at radius 2 is 1.89 bits per heavy atom. The molecule has 0 aliphatic carbocycles. The average molecular weight is 470 g/mol. The number of aryl methyl sites for hydroxylation is 1. The van der Waals surface area contributed by atoms with E-state index in [0.29, 0.717) is 11.8 Å². The van der Waals surface area contributed by atoms with Crippen LogP contribution in [0, 0.1) is 25.3 Å². The summed E-state index contributed by atoms with van der Waals surface area (Å²) in [4.78, 5) is 3.77. The number of hydrogen-bond acceptors (Lipinski definition) is 2. The first-order chi connectivity index (χ1) is 17.2. The monoisotopic (exact) mass is 469 g/mol. The third-order valence-corrected chi connectivity index (χ3v) is 8.20. The molecule has 0 radical (unpaired) electrons. The highest BCUT2D eigenvalue weighted by molar-refractivity contribution is 5.88. The van der Waals surface area contributed by atoms with E-state index in [1.54, 1.807) is 0 Å². The first-order valence-corrected chi connectivity index (χ1v) is 13.6. The summed E-state index contributed by atoms with van der Waals surface area (Å²) in [7, 11) is 0. The molecule has 184 valence electrons. The van der Waals surface area contributed by atoms with Gasteiger partial charge in [-0.3, -0.25) is 0 Å². The van der Waals surface area contributed by atoms with Crippen LogP contribution in [0.25, 0.3) is 15.7 Å². The summed E-state index contributed by atoms with van der Waals surface area (Å²) in [6.07, 6.45) is 11.0. The van der Waals surface area contributed by atoms with E-state index in [1.807, 2.05) is 6.07 Å². The number of benzene rings is 2. The van der Waals surface area contributed by atoms with E-state index < -0.39 is 0 Å². The molecule has 1 aromatic heterocycles. The number of nitrogens with zero attached hydrogens (tertiary/aromatic N) is 2. The van der Waals surface area contributed by atoms with Crippen LogP contribution in [0.2, 0.25) is 0 Å². The van der Waals surface area contributed by atoms with Gasteiger partial charge in [0.15, 0.2) is 5.69 Å². The Morgan fingerprint density at radius 1 is 1.06 bits per heavy atom. The summed E-state index contributed by atoms with van der Waals surface area (Å²) in [6.45, 7) is 15.0. The molecule has 0 spiro atoms. The predicted molar refractivity (Wildman–Crippen MR) is 144 cm³/mol. The number of fused-ring (bicyclic) bond motifs is 1. The molecule has 1 atom stereocenters. The topological polar surface area (TPSA) is 30.6 Å². The largest absolute Gasteiger partial charge is 0.381 e. The van der Waals surface area contributed by atoms with Crippen LogP contribution < -0.4 is 5.32 Å². The first-order valence-electron chi connectivity index (χ1n) is 13.6. The quantitative estimate of drug-likeness (QED) is 0.353. The Kier molecular flexibility index (Phi) is 7.86. The zero-order valence-electron chi connectivity index (χ0n) is 21.1. The lowest BCUT2D eigenvalue weighted by molar-refractivity contribution is 0.0616. The van der Waals surface area contributed by atoms with Gasteiger partial charge in [0.1, 0.15) is 0 Å². The normalized spacial score (nSPS) is 18.5. The second-order valence-corrected chi connectivity index (χ2v) is 10.7. The molecule has 4 heteroatoms. The van der Waals surface area contributed by atoms with Crippen molar-refractivity contribution in [2.75, 3.05) is 26.3 Å². The molecule has 2 aromatic carbocycles. The standard InChI is InChI=1S/C31H39N3O/c1-23-5-3-7-26(19-23)28(8-4-6-24-11-15-33-16-12-24)30-22-34(21-25-13-17-35-18-14-25)31-10-9-27(32-2)20-29(30)31/h3,5,7,9-10,19-20,22,24-25,28,33H,4,6,8,11-18,21H2,1H3. The van der Waals surface area contributed by atoms with Gasteiger partial charge in [0.05, 0.1) is 6.57 Å². The molecule has 5 rings (SSSR count). The second-order valence-electron chi connectivity index (χ2n) is 10.7. The van der Waals surface area contributed by atoms with E-state index in [9.17, 15) is 0 Å². The van der Waals surface area contributed by atoms with Crippen LogP contribution >= 0.6 is 0 Å². The maximum atomic E-state index is 7.62. The molecule has 0 saturated carbocycles. The summed E-state index contributed by atoms with van der Waals surface area (Å²) in [6, 6.07) is 15.4. The first kappa shape index (κ1) is 24.1. The SMILES string of the molecule is [C-]#[N+]c1ccc2c(c1)c(C(CCCC1CCNCC1)c1cccc(C)c1)cn2CC1CCOCC1. The van der Waals surface area contributed by atoms with Crippen LogP contribution in [0.5, 0.6) is 0 Å². The van der Waals surface area contributed by atoms with Crippen LogP contribution in [0.15, 0.2) is 48.7 Å². The molecule has 2 saturated heterocycles. The third kappa shape index (κ3) is 5.80. The fourth-order valence-corrected chi connectivity index (χ4v) is 6.19. The highest BCUT2D eigenvalue weighted by atomic mass is 16.5. The van der Waals surface area contributed by atoms with Crippen molar-refractivity contribution < 1.29 is 4.74 Å². The number of ether oxygens (including phenoxy) is 1. The van der Waals surface area contributed by atoms with Crippen molar-refractivity contribution in [3.8, 4) is 0 Å².